The molecule has 0 spiro atoms. The van der Waals surface area contributed by atoms with Gasteiger partial charge in [-0.3, -0.25) is 0 Å². The van der Waals surface area contributed by atoms with Gasteiger partial charge in [0.25, 0.3) is 0 Å². The number of nitrogens with one attached hydrogen (secondary N) is 1. The van der Waals surface area contributed by atoms with E-state index < -0.39 is 0 Å². The summed E-state index contributed by atoms with van der Waals surface area (Å²) in [4.78, 5) is 2.58. The van der Waals surface area contributed by atoms with Gasteiger partial charge in [-0.2, -0.15) is 0 Å². The van der Waals surface area contributed by atoms with Gasteiger partial charge in [0.2, 0.25) is 0 Å². The minimum absolute atomic E-state index is 0.715. The molecule has 3 nitrogen and oxygen atoms in total. The first-order valence-electron chi connectivity index (χ1n) is 6.95. The zero-order valence-corrected chi connectivity index (χ0v) is 11.0. The molecule has 0 aromatic heterocycles. The lowest BCUT2D eigenvalue weighted by atomic mass is 9.98. The van der Waals surface area contributed by atoms with Gasteiger partial charge in [0.15, 0.2) is 0 Å². The first-order valence-corrected chi connectivity index (χ1v) is 6.95. The molecule has 98 valence electrons. The molecule has 0 saturated carbocycles. The molecule has 2 saturated heterocycles. The fraction of sp³-hybridized carbons (Fsp3) is 0.857. The molecule has 2 fully saturated rings. The highest BCUT2D eigenvalue weighted by atomic mass is 16.5. The molecule has 2 bridgehead atoms. The number of rotatable bonds is 7. The Morgan fingerprint density at radius 2 is 2.00 bits per heavy atom. The Bertz CT molecular complexity index is 230. The molecule has 17 heavy (non-hydrogen) atoms. The molecule has 1 N–H and O–H groups in total. The van der Waals surface area contributed by atoms with Crippen LogP contribution in [0.2, 0.25) is 0 Å². The third-order valence-corrected chi connectivity index (χ3v) is 4.24. The van der Waals surface area contributed by atoms with Crippen molar-refractivity contribution >= 4 is 0 Å². The van der Waals surface area contributed by atoms with Crippen LogP contribution in [0.1, 0.15) is 32.1 Å². The third-order valence-electron chi connectivity index (χ3n) is 4.24. The van der Waals surface area contributed by atoms with E-state index in [1.165, 1.54) is 25.7 Å². The van der Waals surface area contributed by atoms with Crippen molar-refractivity contribution in [2.24, 2.45) is 0 Å². The highest BCUT2D eigenvalue weighted by molar-refractivity contribution is 4.95. The lowest BCUT2D eigenvalue weighted by Crippen LogP contribution is -2.47. The van der Waals surface area contributed by atoms with E-state index in [9.17, 15) is 0 Å². The standard InChI is InChI=1S/C14H26N2O/c1-3-4-8-17-9-7-15-12-10-13-5-6-14(11-12)16(13)2/h3,12-15H,1,4-11H2,2H3. The second-order valence-electron chi connectivity index (χ2n) is 5.36. The van der Waals surface area contributed by atoms with E-state index in [2.05, 4.69) is 23.8 Å². The molecule has 0 amide bonds. The van der Waals surface area contributed by atoms with Crippen LogP contribution in [-0.2, 0) is 4.74 Å². The summed E-state index contributed by atoms with van der Waals surface area (Å²) in [5.74, 6) is 0. The topological polar surface area (TPSA) is 24.5 Å². The number of hydrogen-bond donors (Lipinski definition) is 1. The van der Waals surface area contributed by atoms with Gasteiger partial charge in [-0.15, -0.1) is 6.58 Å². The SMILES string of the molecule is C=CCCOCCNC1CC2CCC(C1)N2C. The van der Waals surface area contributed by atoms with Gasteiger partial charge in [0.05, 0.1) is 13.2 Å². The van der Waals surface area contributed by atoms with E-state index in [4.69, 9.17) is 4.74 Å². The quantitative estimate of drug-likeness (QED) is 0.540. The Morgan fingerprint density at radius 1 is 1.29 bits per heavy atom. The zero-order valence-electron chi connectivity index (χ0n) is 11.0. The van der Waals surface area contributed by atoms with Crippen LogP contribution >= 0.6 is 0 Å². The zero-order chi connectivity index (χ0) is 12.1. The van der Waals surface area contributed by atoms with Gasteiger partial charge in [0.1, 0.15) is 0 Å². The molecule has 2 aliphatic rings. The van der Waals surface area contributed by atoms with E-state index >= 15 is 0 Å². The second-order valence-corrected chi connectivity index (χ2v) is 5.36. The normalized spacial score (nSPS) is 32.9. The first-order chi connectivity index (χ1) is 8.31. The third kappa shape index (κ3) is 3.54. The highest BCUT2D eigenvalue weighted by Crippen LogP contribution is 2.33. The van der Waals surface area contributed by atoms with Crippen molar-refractivity contribution in [3.63, 3.8) is 0 Å². The van der Waals surface area contributed by atoms with Crippen molar-refractivity contribution in [3.8, 4) is 0 Å². The van der Waals surface area contributed by atoms with Crippen molar-refractivity contribution < 1.29 is 4.74 Å². The Hall–Kier alpha value is -0.380. The summed E-state index contributed by atoms with van der Waals surface area (Å²) in [6, 6.07) is 2.37. The summed E-state index contributed by atoms with van der Waals surface area (Å²) in [6.45, 7) is 6.31. The van der Waals surface area contributed by atoms with E-state index in [1.807, 2.05) is 6.08 Å². The average molecular weight is 238 g/mol. The van der Waals surface area contributed by atoms with Gasteiger partial charge >= 0.3 is 0 Å². The van der Waals surface area contributed by atoms with Gasteiger partial charge in [-0.25, -0.2) is 0 Å². The Labute approximate surface area is 105 Å². The van der Waals surface area contributed by atoms with Crippen LogP contribution in [-0.4, -0.2) is 49.8 Å². The van der Waals surface area contributed by atoms with Gasteiger partial charge in [0, 0.05) is 24.7 Å². The van der Waals surface area contributed by atoms with E-state index in [0.717, 1.165) is 38.3 Å². The molecular weight excluding hydrogens is 212 g/mol. The fourth-order valence-corrected chi connectivity index (χ4v) is 3.18. The number of piperidine rings is 1. The maximum absolute atomic E-state index is 5.51. The van der Waals surface area contributed by atoms with Gasteiger partial charge < -0.3 is 15.0 Å². The van der Waals surface area contributed by atoms with E-state index in [1.54, 1.807) is 0 Å². The Balaban J connectivity index is 1.57. The summed E-state index contributed by atoms with van der Waals surface area (Å²) < 4.78 is 5.51. The number of hydrogen-bond acceptors (Lipinski definition) is 3. The summed E-state index contributed by atoms with van der Waals surface area (Å²) in [6.07, 6.45) is 8.30. The molecule has 0 aliphatic carbocycles. The predicted molar refractivity (Wildman–Crippen MR) is 71.2 cm³/mol. The molecular formula is C14H26N2O. The van der Waals surface area contributed by atoms with Crippen molar-refractivity contribution in [1.82, 2.24) is 10.2 Å². The van der Waals surface area contributed by atoms with Gasteiger partial charge in [-0.1, -0.05) is 6.08 Å². The average Bonchev–Trinajstić information content (AvgIpc) is 2.55. The number of ether oxygens (including phenoxy) is 1. The van der Waals surface area contributed by atoms with Crippen LogP contribution in [0.15, 0.2) is 12.7 Å². The number of fused-ring (bicyclic) bond motifs is 2. The lowest BCUT2D eigenvalue weighted by molar-refractivity contribution is 0.120. The van der Waals surface area contributed by atoms with Crippen LogP contribution in [0.4, 0.5) is 0 Å². The molecule has 0 radical (unpaired) electrons. The van der Waals surface area contributed by atoms with E-state index in [0.29, 0.717) is 6.04 Å². The second kappa shape index (κ2) is 6.53. The smallest absolute Gasteiger partial charge is 0.0591 e. The predicted octanol–water partition coefficient (Wildman–Crippen LogP) is 1.79. The van der Waals surface area contributed by atoms with E-state index in [-0.39, 0.29) is 0 Å². The first kappa shape index (κ1) is 13.1. The van der Waals surface area contributed by atoms with Crippen molar-refractivity contribution in [2.45, 2.75) is 50.2 Å². The van der Waals surface area contributed by atoms with Crippen LogP contribution < -0.4 is 5.32 Å². The Morgan fingerprint density at radius 3 is 2.65 bits per heavy atom. The largest absolute Gasteiger partial charge is 0.380 e. The summed E-state index contributed by atoms with van der Waals surface area (Å²) >= 11 is 0. The molecule has 2 unspecified atom stereocenters. The summed E-state index contributed by atoms with van der Waals surface area (Å²) in [5.41, 5.74) is 0. The molecule has 2 atom stereocenters. The van der Waals surface area contributed by atoms with Crippen molar-refractivity contribution in [3.05, 3.63) is 12.7 Å². The van der Waals surface area contributed by atoms with Crippen LogP contribution in [0.5, 0.6) is 0 Å². The highest BCUT2D eigenvalue weighted by Gasteiger charge is 2.37. The molecule has 3 heteroatoms. The van der Waals surface area contributed by atoms with Crippen LogP contribution in [0.25, 0.3) is 0 Å². The maximum atomic E-state index is 5.51. The van der Waals surface area contributed by atoms with Crippen LogP contribution in [0.3, 0.4) is 0 Å². The minimum atomic E-state index is 0.715. The molecule has 2 aliphatic heterocycles. The van der Waals surface area contributed by atoms with Crippen molar-refractivity contribution in [2.75, 3.05) is 26.8 Å². The van der Waals surface area contributed by atoms with Crippen LogP contribution in [0, 0.1) is 0 Å². The lowest BCUT2D eigenvalue weighted by Gasteiger charge is -2.36. The summed E-state index contributed by atoms with van der Waals surface area (Å²) in [7, 11) is 2.29. The van der Waals surface area contributed by atoms with Gasteiger partial charge in [-0.05, 0) is 39.2 Å². The molecule has 0 aromatic carbocycles. The monoisotopic (exact) mass is 238 g/mol. The fourth-order valence-electron chi connectivity index (χ4n) is 3.18. The molecule has 2 rings (SSSR count). The number of nitrogens with zero attached hydrogens (tertiary/aromatic N) is 1. The summed E-state index contributed by atoms with van der Waals surface area (Å²) in [5, 5.41) is 3.64. The maximum Gasteiger partial charge on any atom is 0.0591 e. The minimum Gasteiger partial charge on any atom is -0.380 e. The molecule has 2 heterocycles. The molecule has 0 aromatic rings. The van der Waals surface area contributed by atoms with Crippen molar-refractivity contribution in [1.29, 1.82) is 0 Å². The Kier molecular flexibility index (Phi) is 5.01.